The van der Waals surface area contributed by atoms with Crippen LogP contribution in [0, 0.1) is 5.82 Å². The number of rotatable bonds is 10. The van der Waals surface area contributed by atoms with E-state index >= 15 is 0 Å². The molecule has 2 rings (SSSR count). The number of benzene rings is 2. The van der Waals surface area contributed by atoms with Gasteiger partial charge in [0.15, 0.2) is 0 Å². The van der Waals surface area contributed by atoms with E-state index in [2.05, 4.69) is 5.32 Å². The lowest BCUT2D eigenvalue weighted by Gasteiger charge is -2.29. The molecule has 0 aliphatic heterocycles. The van der Waals surface area contributed by atoms with Crippen molar-refractivity contribution in [3.8, 4) is 0 Å². The fraction of sp³-hybridized carbons (Fsp3) is 0.364. The maximum absolute atomic E-state index is 13.2. The largest absolute Gasteiger partial charge is 0.354 e. The first-order chi connectivity index (χ1) is 13.5. The van der Waals surface area contributed by atoms with Crippen LogP contribution in [0.25, 0.3) is 0 Å². The molecular formula is C22H27FN2O2S. The van der Waals surface area contributed by atoms with Gasteiger partial charge < -0.3 is 10.2 Å². The van der Waals surface area contributed by atoms with Crippen molar-refractivity contribution >= 4 is 23.6 Å². The van der Waals surface area contributed by atoms with Crippen LogP contribution < -0.4 is 5.32 Å². The third kappa shape index (κ3) is 7.00. The number of thioether (sulfide) groups is 1. The normalized spacial score (nSPS) is 11.7. The summed E-state index contributed by atoms with van der Waals surface area (Å²) in [5.41, 5.74) is 0.792. The molecule has 0 saturated carbocycles. The Kier molecular flexibility index (Phi) is 9.01. The molecule has 0 radical (unpaired) electrons. The molecule has 1 N–H and O–H groups in total. The zero-order valence-electron chi connectivity index (χ0n) is 16.4. The van der Waals surface area contributed by atoms with E-state index < -0.39 is 6.04 Å². The van der Waals surface area contributed by atoms with Crippen LogP contribution in [-0.2, 0) is 16.1 Å². The second-order valence-corrected chi connectivity index (χ2v) is 7.69. The van der Waals surface area contributed by atoms with Crippen molar-refractivity contribution in [2.75, 3.05) is 12.3 Å². The van der Waals surface area contributed by atoms with E-state index in [1.165, 1.54) is 12.1 Å². The molecule has 0 aromatic heterocycles. The predicted molar refractivity (Wildman–Crippen MR) is 111 cm³/mol. The van der Waals surface area contributed by atoms with Crippen molar-refractivity contribution in [1.29, 1.82) is 0 Å². The standard InChI is InChI=1S/C22H27FN2O2S/c1-3-14-24-22(27)17(2)25(16-18-9-11-19(23)12-10-18)21(26)13-15-28-20-7-5-4-6-8-20/h4-12,17H,3,13-16H2,1-2H3,(H,24,27). The highest BCUT2D eigenvalue weighted by atomic mass is 32.2. The summed E-state index contributed by atoms with van der Waals surface area (Å²) in [7, 11) is 0. The van der Waals surface area contributed by atoms with Crippen LogP contribution in [0.15, 0.2) is 59.5 Å². The molecule has 1 unspecified atom stereocenters. The van der Waals surface area contributed by atoms with Gasteiger partial charge in [0.2, 0.25) is 11.8 Å². The zero-order chi connectivity index (χ0) is 20.4. The highest BCUT2D eigenvalue weighted by Crippen LogP contribution is 2.19. The van der Waals surface area contributed by atoms with Crippen molar-refractivity contribution in [3.05, 3.63) is 66.0 Å². The molecule has 6 heteroatoms. The monoisotopic (exact) mass is 402 g/mol. The van der Waals surface area contributed by atoms with Gasteiger partial charge in [0.1, 0.15) is 11.9 Å². The number of carbonyl (C=O) groups is 2. The summed E-state index contributed by atoms with van der Waals surface area (Å²) in [6.07, 6.45) is 1.16. The minimum atomic E-state index is -0.592. The van der Waals surface area contributed by atoms with Crippen LogP contribution in [0.5, 0.6) is 0 Å². The number of nitrogens with zero attached hydrogens (tertiary/aromatic N) is 1. The minimum absolute atomic E-state index is 0.0908. The van der Waals surface area contributed by atoms with Gasteiger partial charge in [-0.25, -0.2) is 4.39 Å². The number of hydrogen-bond acceptors (Lipinski definition) is 3. The van der Waals surface area contributed by atoms with Crippen molar-refractivity contribution in [2.24, 2.45) is 0 Å². The maximum Gasteiger partial charge on any atom is 0.242 e. The van der Waals surface area contributed by atoms with Gasteiger partial charge in [-0.15, -0.1) is 11.8 Å². The Morgan fingerprint density at radius 1 is 1.11 bits per heavy atom. The van der Waals surface area contributed by atoms with Crippen LogP contribution in [0.4, 0.5) is 4.39 Å². The summed E-state index contributed by atoms with van der Waals surface area (Å²) < 4.78 is 13.2. The van der Waals surface area contributed by atoms with E-state index in [9.17, 15) is 14.0 Å². The average Bonchev–Trinajstić information content (AvgIpc) is 2.71. The van der Waals surface area contributed by atoms with Crippen molar-refractivity contribution in [1.82, 2.24) is 10.2 Å². The zero-order valence-corrected chi connectivity index (χ0v) is 17.2. The van der Waals surface area contributed by atoms with Gasteiger partial charge in [-0.1, -0.05) is 37.3 Å². The molecule has 150 valence electrons. The van der Waals surface area contributed by atoms with Crippen molar-refractivity contribution < 1.29 is 14.0 Å². The average molecular weight is 403 g/mol. The third-order valence-corrected chi connectivity index (χ3v) is 5.32. The molecular weight excluding hydrogens is 375 g/mol. The molecule has 4 nitrogen and oxygen atoms in total. The van der Waals surface area contributed by atoms with Crippen LogP contribution in [-0.4, -0.2) is 35.1 Å². The predicted octanol–water partition coefficient (Wildman–Crippen LogP) is 4.25. The number of hydrogen-bond donors (Lipinski definition) is 1. The SMILES string of the molecule is CCCNC(=O)C(C)N(Cc1ccc(F)cc1)C(=O)CCSc1ccccc1. The van der Waals surface area contributed by atoms with Gasteiger partial charge in [0.25, 0.3) is 0 Å². The molecule has 0 saturated heterocycles. The Morgan fingerprint density at radius 3 is 2.43 bits per heavy atom. The summed E-state index contributed by atoms with van der Waals surface area (Å²) in [6.45, 7) is 4.56. The van der Waals surface area contributed by atoms with Crippen LogP contribution in [0.3, 0.4) is 0 Å². The summed E-state index contributed by atoms with van der Waals surface area (Å²) in [4.78, 5) is 28.0. The van der Waals surface area contributed by atoms with Gasteiger partial charge in [0.05, 0.1) is 0 Å². The van der Waals surface area contributed by atoms with E-state index in [1.807, 2.05) is 37.3 Å². The fourth-order valence-corrected chi connectivity index (χ4v) is 3.54. The summed E-state index contributed by atoms with van der Waals surface area (Å²) in [5, 5.41) is 2.85. The van der Waals surface area contributed by atoms with Crippen molar-refractivity contribution in [2.45, 2.75) is 44.2 Å². The Morgan fingerprint density at radius 2 is 1.79 bits per heavy atom. The van der Waals surface area contributed by atoms with Crippen LogP contribution in [0.2, 0.25) is 0 Å². The second kappa shape index (κ2) is 11.5. The Hall–Kier alpha value is -2.34. The lowest BCUT2D eigenvalue weighted by molar-refractivity contribution is -0.140. The molecule has 2 amide bonds. The maximum atomic E-state index is 13.2. The highest BCUT2D eigenvalue weighted by Gasteiger charge is 2.25. The lowest BCUT2D eigenvalue weighted by atomic mass is 10.1. The first kappa shape index (κ1) is 22.0. The molecule has 0 spiro atoms. The Labute approximate surface area is 170 Å². The van der Waals surface area contributed by atoms with Crippen LogP contribution >= 0.6 is 11.8 Å². The summed E-state index contributed by atoms with van der Waals surface area (Å²) in [5.74, 6) is 0.0426. The number of halogens is 1. The molecule has 0 bridgehead atoms. The van der Waals surface area contributed by atoms with Gasteiger partial charge >= 0.3 is 0 Å². The van der Waals surface area contributed by atoms with E-state index in [1.54, 1.807) is 35.7 Å². The first-order valence-electron chi connectivity index (χ1n) is 9.50. The number of nitrogens with one attached hydrogen (secondary N) is 1. The van der Waals surface area contributed by atoms with E-state index in [4.69, 9.17) is 0 Å². The molecule has 28 heavy (non-hydrogen) atoms. The minimum Gasteiger partial charge on any atom is -0.354 e. The smallest absolute Gasteiger partial charge is 0.242 e. The number of amides is 2. The third-order valence-electron chi connectivity index (χ3n) is 4.31. The van der Waals surface area contributed by atoms with Gasteiger partial charge in [0, 0.05) is 30.2 Å². The molecule has 2 aromatic carbocycles. The molecule has 2 aromatic rings. The van der Waals surface area contributed by atoms with E-state index in [-0.39, 0.29) is 24.2 Å². The molecule has 0 aliphatic rings. The van der Waals surface area contributed by atoms with E-state index in [0.29, 0.717) is 18.7 Å². The van der Waals surface area contributed by atoms with Gasteiger partial charge in [-0.05, 0) is 43.2 Å². The summed E-state index contributed by atoms with van der Waals surface area (Å²) in [6, 6.07) is 15.3. The first-order valence-corrected chi connectivity index (χ1v) is 10.5. The highest BCUT2D eigenvalue weighted by molar-refractivity contribution is 7.99. The van der Waals surface area contributed by atoms with Gasteiger partial charge in [-0.3, -0.25) is 9.59 Å². The molecule has 0 aliphatic carbocycles. The molecule has 0 heterocycles. The molecule has 1 atom stereocenters. The Balaban J connectivity index is 2.03. The van der Waals surface area contributed by atoms with Crippen molar-refractivity contribution in [3.63, 3.8) is 0 Å². The Bertz CT molecular complexity index is 753. The summed E-state index contributed by atoms with van der Waals surface area (Å²) >= 11 is 1.61. The lowest BCUT2D eigenvalue weighted by Crippen LogP contribution is -2.47. The number of carbonyl (C=O) groups excluding carboxylic acids is 2. The quantitative estimate of drug-likeness (QED) is 0.605. The fourth-order valence-electron chi connectivity index (χ4n) is 2.68. The molecule has 0 fully saturated rings. The van der Waals surface area contributed by atoms with E-state index in [0.717, 1.165) is 16.9 Å². The van der Waals surface area contributed by atoms with Crippen LogP contribution in [0.1, 0.15) is 32.3 Å². The topological polar surface area (TPSA) is 49.4 Å². The second-order valence-electron chi connectivity index (χ2n) is 6.53. The van der Waals surface area contributed by atoms with Gasteiger partial charge in [-0.2, -0.15) is 0 Å².